The highest BCUT2D eigenvalue weighted by molar-refractivity contribution is 5.86. The van der Waals surface area contributed by atoms with E-state index < -0.39 is 0 Å². The fourth-order valence-corrected chi connectivity index (χ4v) is 2.73. The summed E-state index contributed by atoms with van der Waals surface area (Å²) < 4.78 is 4.65. The average Bonchev–Trinajstić information content (AvgIpc) is 2.30. The van der Waals surface area contributed by atoms with Gasteiger partial charge in [0.25, 0.3) is 0 Å². The van der Waals surface area contributed by atoms with Crippen molar-refractivity contribution >= 4 is 11.8 Å². The molecule has 1 unspecified atom stereocenters. The van der Waals surface area contributed by atoms with E-state index in [-0.39, 0.29) is 11.4 Å². The molecule has 1 saturated carbocycles. The van der Waals surface area contributed by atoms with E-state index in [1.54, 1.807) is 0 Å². The summed E-state index contributed by atoms with van der Waals surface area (Å²) in [5.41, 5.74) is -0.221. The van der Waals surface area contributed by atoms with E-state index >= 15 is 0 Å². The van der Waals surface area contributed by atoms with Gasteiger partial charge in [0, 0.05) is 18.3 Å². The molecule has 0 amide bonds. The molecular formula is C13H22O3. The number of carbonyl (C=O) groups is 2. The van der Waals surface area contributed by atoms with Gasteiger partial charge in [-0.25, -0.2) is 0 Å². The van der Waals surface area contributed by atoms with Crippen molar-refractivity contribution in [3.05, 3.63) is 0 Å². The smallest absolute Gasteiger partial charge is 0.305 e. The minimum atomic E-state index is -0.221. The van der Waals surface area contributed by atoms with Gasteiger partial charge in [0.1, 0.15) is 5.78 Å². The van der Waals surface area contributed by atoms with Gasteiger partial charge in [0.05, 0.1) is 7.11 Å². The van der Waals surface area contributed by atoms with Gasteiger partial charge < -0.3 is 4.74 Å². The van der Waals surface area contributed by atoms with Crippen LogP contribution in [0.4, 0.5) is 0 Å². The molecule has 0 aromatic heterocycles. The largest absolute Gasteiger partial charge is 0.469 e. The van der Waals surface area contributed by atoms with Gasteiger partial charge in [-0.1, -0.05) is 19.8 Å². The maximum atomic E-state index is 12.1. The third-order valence-electron chi connectivity index (χ3n) is 3.66. The molecule has 1 rings (SSSR count). The Labute approximate surface area is 97.5 Å². The zero-order valence-electron chi connectivity index (χ0n) is 10.4. The number of carbonyl (C=O) groups excluding carboxylic acids is 2. The van der Waals surface area contributed by atoms with Crippen LogP contribution in [-0.4, -0.2) is 18.9 Å². The summed E-state index contributed by atoms with van der Waals surface area (Å²) in [4.78, 5) is 23.2. The summed E-state index contributed by atoms with van der Waals surface area (Å²) in [6, 6.07) is 0. The maximum absolute atomic E-state index is 12.1. The van der Waals surface area contributed by atoms with Crippen LogP contribution >= 0.6 is 0 Å². The number of esters is 1. The summed E-state index contributed by atoms with van der Waals surface area (Å²) in [7, 11) is 1.40. The van der Waals surface area contributed by atoms with Gasteiger partial charge in [-0.2, -0.15) is 0 Å². The number of ether oxygens (including phenoxy) is 1. The monoisotopic (exact) mass is 226 g/mol. The number of rotatable bonds is 5. The van der Waals surface area contributed by atoms with Crippen LogP contribution in [0.15, 0.2) is 0 Å². The Morgan fingerprint density at radius 3 is 2.69 bits per heavy atom. The first-order valence-electron chi connectivity index (χ1n) is 6.25. The molecule has 1 atom stereocenters. The predicted octanol–water partition coefficient (Wildman–Crippen LogP) is 2.87. The fourth-order valence-electron chi connectivity index (χ4n) is 2.73. The molecule has 3 heteroatoms. The van der Waals surface area contributed by atoms with Gasteiger partial charge >= 0.3 is 5.97 Å². The molecule has 0 saturated heterocycles. The van der Waals surface area contributed by atoms with Gasteiger partial charge in [0.2, 0.25) is 0 Å². The molecule has 1 fully saturated rings. The normalized spacial score (nSPS) is 25.5. The van der Waals surface area contributed by atoms with Crippen LogP contribution < -0.4 is 0 Å². The van der Waals surface area contributed by atoms with Crippen LogP contribution in [0.5, 0.6) is 0 Å². The first kappa shape index (κ1) is 13.2. The van der Waals surface area contributed by atoms with E-state index in [4.69, 9.17) is 0 Å². The lowest BCUT2D eigenvalue weighted by atomic mass is 9.67. The molecule has 3 nitrogen and oxygen atoms in total. The maximum Gasteiger partial charge on any atom is 0.305 e. The number of hydrogen-bond acceptors (Lipinski definition) is 3. The molecule has 0 heterocycles. The molecule has 92 valence electrons. The quantitative estimate of drug-likeness (QED) is 0.677. The van der Waals surface area contributed by atoms with Gasteiger partial charge in [-0.3, -0.25) is 9.59 Å². The SMILES string of the molecule is CCCC1(CCC(=O)OC)CCCCC1=O. The molecule has 0 N–H and O–H groups in total. The second-order valence-electron chi connectivity index (χ2n) is 4.74. The number of methoxy groups -OCH3 is 1. The second-order valence-corrected chi connectivity index (χ2v) is 4.74. The Bertz CT molecular complexity index is 256. The van der Waals surface area contributed by atoms with Crippen LogP contribution in [0.2, 0.25) is 0 Å². The van der Waals surface area contributed by atoms with E-state index in [9.17, 15) is 9.59 Å². The molecule has 0 bridgehead atoms. The van der Waals surface area contributed by atoms with Crippen molar-refractivity contribution in [1.82, 2.24) is 0 Å². The fraction of sp³-hybridized carbons (Fsp3) is 0.846. The average molecular weight is 226 g/mol. The Balaban J connectivity index is 2.63. The lowest BCUT2D eigenvalue weighted by Gasteiger charge is -2.35. The van der Waals surface area contributed by atoms with Crippen LogP contribution in [-0.2, 0) is 14.3 Å². The van der Waals surface area contributed by atoms with Gasteiger partial charge in [-0.15, -0.1) is 0 Å². The van der Waals surface area contributed by atoms with Crippen molar-refractivity contribution in [3.63, 3.8) is 0 Å². The minimum Gasteiger partial charge on any atom is -0.469 e. The lowest BCUT2D eigenvalue weighted by Crippen LogP contribution is -2.34. The molecule has 1 aliphatic carbocycles. The first-order valence-corrected chi connectivity index (χ1v) is 6.25. The third kappa shape index (κ3) is 3.06. The minimum absolute atomic E-state index is 0.200. The number of hydrogen-bond donors (Lipinski definition) is 0. The van der Waals surface area contributed by atoms with Crippen molar-refractivity contribution in [2.45, 2.75) is 58.3 Å². The van der Waals surface area contributed by atoms with E-state index in [0.29, 0.717) is 25.0 Å². The van der Waals surface area contributed by atoms with E-state index in [1.165, 1.54) is 7.11 Å². The number of Topliss-reactive ketones (excluding diaryl/α,β-unsaturated/α-hetero) is 1. The summed E-state index contributed by atoms with van der Waals surface area (Å²) >= 11 is 0. The molecule has 0 aromatic carbocycles. The third-order valence-corrected chi connectivity index (χ3v) is 3.66. The summed E-state index contributed by atoms with van der Waals surface area (Å²) in [6.45, 7) is 2.10. The molecule has 0 spiro atoms. The van der Waals surface area contributed by atoms with E-state index in [2.05, 4.69) is 11.7 Å². The molecule has 0 radical (unpaired) electrons. The van der Waals surface area contributed by atoms with Crippen LogP contribution in [0.1, 0.15) is 58.3 Å². The summed E-state index contributed by atoms with van der Waals surface area (Å²) in [5.74, 6) is 0.165. The second kappa shape index (κ2) is 6.02. The van der Waals surface area contributed by atoms with Gasteiger partial charge in [0.15, 0.2) is 0 Å². The van der Waals surface area contributed by atoms with Crippen molar-refractivity contribution in [2.24, 2.45) is 5.41 Å². The van der Waals surface area contributed by atoms with Crippen molar-refractivity contribution < 1.29 is 14.3 Å². The predicted molar refractivity (Wildman–Crippen MR) is 62.1 cm³/mol. The highest BCUT2D eigenvalue weighted by Gasteiger charge is 2.38. The van der Waals surface area contributed by atoms with E-state index in [1.807, 2.05) is 0 Å². The number of ketones is 1. The van der Waals surface area contributed by atoms with Crippen LogP contribution in [0.3, 0.4) is 0 Å². The van der Waals surface area contributed by atoms with Crippen LogP contribution in [0, 0.1) is 5.41 Å². The molecule has 0 aliphatic heterocycles. The zero-order valence-corrected chi connectivity index (χ0v) is 10.4. The topological polar surface area (TPSA) is 43.4 Å². The van der Waals surface area contributed by atoms with Crippen molar-refractivity contribution in [3.8, 4) is 0 Å². The molecule has 0 aromatic rings. The molecule has 1 aliphatic rings. The molecular weight excluding hydrogens is 204 g/mol. The Kier molecular flexibility index (Phi) is 4.97. The Morgan fingerprint density at radius 1 is 1.38 bits per heavy atom. The first-order chi connectivity index (χ1) is 7.64. The van der Waals surface area contributed by atoms with E-state index in [0.717, 1.165) is 32.1 Å². The highest BCUT2D eigenvalue weighted by Crippen LogP contribution is 2.41. The Morgan fingerprint density at radius 2 is 2.12 bits per heavy atom. The zero-order chi connectivity index (χ0) is 12.0. The summed E-state index contributed by atoms with van der Waals surface area (Å²) in [5, 5.41) is 0. The van der Waals surface area contributed by atoms with Crippen molar-refractivity contribution in [1.29, 1.82) is 0 Å². The standard InChI is InChI=1S/C13H22O3/c1-3-8-13(10-7-12(15)16-2)9-5-4-6-11(13)14/h3-10H2,1-2H3. The summed E-state index contributed by atoms with van der Waals surface area (Å²) in [6.07, 6.45) is 6.76. The van der Waals surface area contributed by atoms with Gasteiger partial charge in [-0.05, 0) is 25.7 Å². The lowest BCUT2D eigenvalue weighted by molar-refractivity contribution is -0.142. The van der Waals surface area contributed by atoms with Crippen molar-refractivity contribution in [2.75, 3.05) is 7.11 Å². The highest BCUT2D eigenvalue weighted by atomic mass is 16.5. The van der Waals surface area contributed by atoms with Crippen LogP contribution in [0.25, 0.3) is 0 Å². The molecule has 16 heavy (non-hydrogen) atoms. The Hall–Kier alpha value is -0.860.